The van der Waals surface area contributed by atoms with Gasteiger partial charge in [0, 0.05) is 25.7 Å². The molecular weight excluding hydrogens is 377 g/mol. The lowest BCUT2D eigenvalue weighted by molar-refractivity contribution is 0.215. The van der Waals surface area contributed by atoms with Gasteiger partial charge in [-0.25, -0.2) is 0 Å². The van der Waals surface area contributed by atoms with Gasteiger partial charge >= 0.3 is 0 Å². The fraction of sp³-hybridized carbons (Fsp3) is 0.562. The number of ether oxygens (including phenoxy) is 1. The molecule has 2 N–H and O–H groups in total. The summed E-state index contributed by atoms with van der Waals surface area (Å²) < 4.78 is 6.00. The molecule has 5 heteroatoms. The third-order valence-corrected chi connectivity index (χ3v) is 3.14. The summed E-state index contributed by atoms with van der Waals surface area (Å²) in [7, 11) is 1.77. The lowest BCUT2D eigenvalue weighted by atomic mass is 10.1. The minimum atomic E-state index is 0. The molecule has 4 nitrogen and oxygen atoms in total. The Morgan fingerprint density at radius 3 is 2.57 bits per heavy atom. The maximum atomic E-state index is 6.00. The van der Waals surface area contributed by atoms with Crippen molar-refractivity contribution in [3.05, 3.63) is 29.3 Å². The lowest BCUT2D eigenvalue weighted by Gasteiger charge is -2.18. The van der Waals surface area contributed by atoms with E-state index in [-0.39, 0.29) is 30.1 Å². The first kappa shape index (κ1) is 20.0. The number of guanidine groups is 1. The molecule has 1 aromatic rings. The molecular formula is C16H28IN3O. The minimum Gasteiger partial charge on any atom is -0.490 e. The van der Waals surface area contributed by atoms with Gasteiger partial charge in [-0.15, -0.1) is 24.0 Å². The zero-order valence-electron chi connectivity index (χ0n) is 13.7. The summed E-state index contributed by atoms with van der Waals surface area (Å²) >= 11 is 0. The summed E-state index contributed by atoms with van der Waals surface area (Å²) in [5.41, 5.74) is 2.36. The smallest absolute Gasteiger partial charge is 0.191 e. The molecule has 21 heavy (non-hydrogen) atoms. The zero-order valence-corrected chi connectivity index (χ0v) is 16.0. The van der Waals surface area contributed by atoms with Gasteiger partial charge in [0.25, 0.3) is 0 Å². The number of halogens is 1. The monoisotopic (exact) mass is 405 g/mol. The van der Waals surface area contributed by atoms with Crippen molar-refractivity contribution in [3.8, 4) is 5.75 Å². The fourth-order valence-electron chi connectivity index (χ4n) is 1.78. The van der Waals surface area contributed by atoms with Crippen molar-refractivity contribution in [3.63, 3.8) is 0 Å². The fourth-order valence-corrected chi connectivity index (χ4v) is 1.78. The van der Waals surface area contributed by atoms with Gasteiger partial charge in [0.15, 0.2) is 5.96 Å². The van der Waals surface area contributed by atoms with Gasteiger partial charge in [-0.1, -0.05) is 19.1 Å². The molecule has 1 unspecified atom stereocenters. The predicted octanol–water partition coefficient (Wildman–Crippen LogP) is 3.48. The van der Waals surface area contributed by atoms with Crippen LogP contribution in [0.1, 0.15) is 38.3 Å². The second kappa shape index (κ2) is 10.7. The van der Waals surface area contributed by atoms with Gasteiger partial charge in [0.2, 0.25) is 0 Å². The molecule has 1 rings (SSSR count). The molecule has 0 aliphatic rings. The van der Waals surface area contributed by atoms with Gasteiger partial charge < -0.3 is 15.4 Å². The van der Waals surface area contributed by atoms with E-state index in [0.717, 1.165) is 30.2 Å². The molecule has 120 valence electrons. The molecule has 0 amide bonds. The Hall–Kier alpha value is -0.980. The number of aryl methyl sites for hydroxylation is 1. The first-order chi connectivity index (χ1) is 9.60. The Balaban J connectivity index is 0.00000400. The van der Waals surface area contributed by atoms with Crippen molar-refractivity contribution in [2.45, 2.75) is 46.8 Å². The zero-order chi connectivity index (χ0) is 15.0. The van der Waals surface area contributed by atoms with Crippen LogP contribution in [0.15, 0.2) is 23.2 Å². The van der Waals surface area contributed by atoms with E-state index < -0.39 is 0 Å². The van der Waals surface area contributed by atoms with Crippen LogP contribution < -0.4 is 15.4 Å². The van der Waals surface area contributed by atoms with Crippen LogP contribution in [-0.2, 0) is 6.54 Å². The van der Waals surface area contributed by atoms with Crippen LogP contribution >= 0.6 is 24.0 Å². The van der Waals surface area contributed by atoms with Gasteiger partial charge in [0.1, 0.15) is 5.75 Å². The first-order valence-electron chi connectivity index (χ1n) is 7.31. The Labute approximate surface area is 145 Å². The number of rotatable bonds is 6. The SMILES string of the molecule is CCNC(=NC)NCc1ccc(C)cc1OC(C)CC.I. The van der Waals surface area contributed by atoms with E-state index in [4.69, 9.17) is 4.74 Å². The molecule has 0 radical (unpaired) electrons. The number of hydrogen-bond donors (Lipinski definition) is 2. The Kier molecular flexibility index (Phi) is 10.2. The molecule has 0 aromatic heterocycles. The normalized spacial score (nSPS) is 12.3. The highest BCUT2D eigenvalue weighted by Gasteiger charge is 2.08. The van der Waals surface area contributed by atoms with E-state index in [1.54, 1.807) is 7.05 Å². The van der Waals surface area contributed by atoms with Crippen LogP contribution in [0.3, 0.4) is 0 Å². The van der Waals surface area contributed by atoms with Gasteiger partial charge in [0.05, 0.1) is 6.10 Å². The van der Waals surface area contributed by atoms with Crippen molar-refractivity contribution in [2.24, 2.45) is 4.99 Å². The lowest BCUT2D eigenvalue weighted by Crippen LogP contribution is -2.36. The van der Waals surface area contributed by atoms with Crippen LogP contribution in [0.5, 0.6) is 5.75 Å². The molecule has 0 heterocycles. The molecule has 0 bridgehead atoms. The van der Waals surface area contributed by atoms with Gasteiger partial charge in [-0.05, 0) is 38.8 Å². The maximum Gasteiger partial charge on any atom is 0.191 e. The molecule has 0 aliphatic heterocycles. The Morgan fingerprint density at radius 2 is 2.00 bits per heavy atom. The van der Waals surface area contributed by atoms with Crippen LogP contribution in [0.4, 0.5) is 0 Å². The highest BCUT2D eigenvalue weighted by Crippen LogP contribution is 2.22. The van der Waals surface area contributed by atoms with Crippen molar-refractivity contribution >= 4 is 29.9 Å². The second-order valence-electron chi connectivity index (χ2n) is 4.90. The van der Waals surface area contributed by atoms with Crippen molar-refractivity contribution in [1.82, 2.24) is 10.6 Å². The van der Waals surface area contributed by atoms with Crippen LogP contribution in [0.2, 0.25) is 0 Å². The maximum absolute atomic E-state index is 6.00. The molecule has 0 aliphatic carbocycles. The number of nitrogens with zero attached hydrogens (tertiary/aromatic N) is 1. The molecule has 0 fully saturated rings. The third kappa shape index (κ3) is 7.02. The molecule has 0 saturated carbocycles. The van der Waals surface area contributed by atoms with E-state index >= 15 is 0 Å². The summed E-state index contributed by atoms with van der Waals surface area (Å²) in [6, 6.07) is 6.31. The van der Waals surface area contributed by atoms with Crippen molar-refractivity contribution < 1.29 is 4.74 Å². The summed E-state index contributed by atoms with van der Waals surface area (Å²) in [6.07, 6.45) is 1.23. The quantitative estimate of drug-likeness (QED) is 0.433. The third-order valence-electron chi connectivity index (χ3n) is 3.14. The van der Waals surface area contributed by atoms with Gasteiger partial charge in [-0.3, -0.25) is 4.99 Å². The highest BCUT2D eigenvalue weighted by molar-refractivity contribution is 14.0. The van der Waals surface area contributed by atoms with E-state index in [1.807, 2.05) is 0 Å². The summed E-state index contributed by atoms with van der Waals surface area (Å²) in [5.74, 6) is 1.77. The Morgan fingerprint density at radius 1 is 1.29 bits per heavy atom. The molecule has 1 aromatic carbocycles. The van der Waals surface area contributed by atoms with Crippen molar-refractivity contribution in [1.29, 1.82) is 0 Å². The molecule has 1 atom stereocenters. The van der Waals surface area contributed by atoms with Gasteiger partial charge in [-0.2, -0.15) is 0 Å². The van der Waals surface area contributed by atoms with E-state index in [9.17, 15) is 0 Å². The average molecular weight is 405 g/mol. The van der Waals surface area contributed by atoms with E-state index in [2.05, 4.69) is 61.5 Å². The molecule has 0 saturated heterocycles. The average Bonchev–Trinajstić information content (AvgIpc) is 2.44. The highest BCUT2D eigenvalue weighted by atomic mass is 127. The van der Waals surface area contributed by atoms with Crippen LogP contribution in [-0.4, -0.2) is 25.7 Å². The Bertz CT molecular complexity index is 449. The summed E-state index contributed by atoms with van der Waals surface area (Å²) in [5, 5.41) is 6.48. The van der Waals surface area contributed by atoms with Crippen LogP contribution in [0.25, 0.3) is 0 Å². The first-order valence-corrected chi connectivity index (χ1v) is 7.31. The number of aliphatic imine (C=N–C) groups is 1. The standard InChI is InChI=1S/C16H27N3O.HI/c1-6-13(4)20-15-10-12(3)8-9-14(15)11-19-16(17-5)18-7-2;/h8-10,13H,6-7,11H2,1-5H3,(H2,17,18,19);1H. The van der Waals surface area contributed by atoms with E-state index in [1.165, 1.54) is 5.56 Å². The minimum absolute atomic E-state index is 0. The summed E-state index contributed by atoms with van der Waals surface area (Å²) in [4.78, 5) is 4.17. The largest absolute Gasteiger partial charge is 0.490 e. The van der Waals surface area contributed by atoms with E-state index in [0.29, 0.717) is 6.54 Å². The predicted molar refractivity (Wildman–Crippen MR) is 101 cm³/mol. The molecule has 0 spiro atoms. The number of hydrogen-bond acceptors (Lipinski definition) is 2. The van der Waals surface area contributed by atoms with Crippen LogP contribution in [0, 0.1) is 6.92 Å². The summed E-state index contributed by atoms with van der Waals surface area (Å²) in [6.45, 7) is 9.91. The number of nitrogens with one attached hydrogen (secondary N) is 2. The topological polar surface area (TPSA) is 45.7 Å². The number of benzene rings is 1. The van der Waals surface area contributed by atoms with Crippen molar-refractivity contribution in [2.75, 3.05) is 13.6 Å². The second-order valence-corrected chi connectivity index (χ2v) is 4.90.